The Hall–Kier alpha value is -0.800. The van der Waals surface area contributed by atoms with Gasteiger partial charge in [-0.15, -0.1) is 0 Å². The summed E-state index contributed by atoms with van der Waals surface area (Å²) in [5.41, 5.74) is 0.428. The second-order valence-electron chi connectivity index (χ2n) is 5.30. The zero-order chi connectivity index (χ0) is 11.4. The molecule has 1 fully saturated rings. The lowest BCUT2D eigenvalue weighted by Gasteiger charge is -2.25. The van der Waals surface area contributed by atoms with Crippen LogP contribution in [0.3, 0.4) is 0 Å². The summed E-state index contributed by atoms with van der Waals surface area (Å²) >= 11 is 0. The van der Waals surface area contributed by atoms with Crippen LogP contribution in [0.15, 0.2) is 22.8 Å². The van der Waals surface area contributed by atoms with Crippen LogP contribution in [0, 0.1) is 5.41 Å². The van der Waals surface area contributed by atoms with Gasteiger partial charge in [0, 0.05) is 25.6 Å². The number of rotatable bonds is 5. The van der Waals surface area contributed by atoms with Gasteiger partial charge in [0.1, 0.15) is 5.76 Å². The molecule has 90 valence electrons. The maximum Gasteiger partial charge on any atom is 0.105 e. The molecule has 1 aromatic heterocycles. The van der Waals surface area contributed by atoms with Crippen LogP contribution >= 0.6 is 0 Å². The van der Waals surface area contributed by atoms with Crippen molar-refractivity contribution in [2.45, 2.75) is 32.7 Å². The standard InChI is InChI=1S/C13H22N2O/c1-11(8-12-4-3-7-16-12)15-10-13(2)5-6-14-9-13/h3-4,7,11,14-15H,5-6,8-10H2,1-2H3. The van der Waals surface area contributed by atoms with E-state index in [9.17, 15) is 0 Å². The summed E-state index contributed by atoms with van der Waals surface area (Å²) in [5, 5.41) is 7.03. The van der Waals surface area contributed by atoms with Crippen LogP contribution in [0.1, 0.15) is 26.0 Å². The van der Waals surface area contributed by atoms with Crippen LogP contribution in [-0.4, -0.2) is 25.7 Å². The van der Waals surface area contributed by atoms with Gasteiger partial charge in [0.15, 0.2) is 0 Å². The molecule has 0 aromatic carbocycles. The van der Waals surface area contributed by atoms with E-state index in [2.05, 4.69) is 24.5 Å². The molecule has 0 spiro atoms. The fraction of sp³-hybridized carbons (Fsp3) is 0.692. The van der Waals surface area contributed by atoms with Crippen molar-refractivity contribution in [1.29, 1.82) is 0 Å². The lowest BCUT2D eigenvalue weighted by Crippen LogP contribution is -2.39. The minimum Gasteiger partial charge on any atom is -0.469 e. The molecule has 2 rings (SSSR count). The Morgan fingerprint density at radius 2 is 2.50 bits per heavy atom. The van der Waals surface area contributed by atoms with Crippen molar-refractivity contribution in [2.24, 2.45) is 5.41 Å². The fourth-order valence-corrected chi connectivity index (χ4v) is 2.24. The van der Waals surface area contributed by atoms with Gasteiger partial charge < -0.3 is 15.1 Å². The minimum atomic E-state index is 0.428. The maximum absolute atomic E-state index is 5.35. The predicted octanol–water partition coefficient (Wildman–Crippen LogP) is 1.80. The van der Waals surface area contributed by atoms with E-state index in [0.29, 0.717) is 11.5 Å². The van der Waals surface area contributed by atoms with E-state index in [0.717, 1.165) is 31.8 Å². The second kappa shape index (κ2) is 5.02. The summed E-state index contributed by atoms with van der Waals surface area (Å²) in [6, 6.07) is 4.46. The Morgan fingerprint density at radius 1 is 1.62 bits per heavy atom. The topological polar surface area (TPSA) is 37.2 Å². The number of nitrogens with one attached hydrogen (secondary N) is 2. The van der Waals surface area contributed by atoms with E-state index in [1.54, 1.807) is 6.26 Å². The third-order valence-corrected chi connectivity index (χ3v) is 3.42. The summed E-state index contributed by atoms with van der Waals surface area (Å²) < 4.78 is 5.35. The van der Waals surface area contributed by atoms with E-state index in [1.165, 1.54) is 6.42 Å². The van der Waals surface area contributed by atoms with Crippen molar-refractivity contribution in [1.82, 2.24) is 10.6 Å². The monoisotopic (exact) mass is 222 g/mol. The van der Waals surface area contributed by atoms with Crippen molar-refractivity contribution >= 4 is 0 Å². The first-order valence-corrected chi connectivity index (χ1v) is 6.14. The zero-order valence-corrected chi connectivity index (χ0v) is 10.3. The van der Waals surface area contributed by atoms with E-state index >= 15 is 0 Å². The largest absolute Gasteiger partial charge is 0.469 e. The molecule has 0 saturated carbocycles. The first-order valence-electron chi connectivity index (χ1n) is 6.14. The maximum atomic E-state index is 5.35. The molecule has 3 nitrogen and oxygen atoms in total. The van der Waals surface area contributed by atoms with Crippen LogP contribution in [0.4, 0.5) is 0 Å². The van der Waals surface area contributed by atoms with Crippen LogP contribution < -0.4 is 10.6 Å². The first-order chi connectivity index (χ1) is 7.68. The zero-order valence-electron chi connectivity index (χ0n) is 10.3. The van der Waals surface area contributed by atoms with Crippen molar-refractivity contribution < 1.29 is 4.42 Å². The molecule has 0 aliphatic carbocycles. The highest BCUT2D eigenvalue weighted by atomic mass is 16.3. The fourth-order valence-electron chi connectivity index (χ4n) is 2.24. The first kappa shape index (κ1) is 11.7. The molecule has 2 atom stereocenters. The Kier molecular flexibility index (Phi) is 3.66. The van der Waals surface area contributed by atoms with E-state index in [-0.39, 0.29) is 0 Å². The molecule has 0 radical (unpaired) electrons. The van der Waals surface area contributed by atoms with Crippen molar-refractivity contribution in [2.75, 3.05) is 19.6 Å². The lowest BCUT2D eigenvalue weighted by molar-refractivity contribution is 0.317. The predicted molar refractivity (Wildman–Crippen MR) is 65.5 cm³/mol. The normalized spacial score (nSPS) is 27.1. The second-order valence-corrected chi connectivity index (χ2v) is 5.30. The van der Waals surface area contributed by atoms with Gasteiger partial charge in [-0.05, 0) is 37.4 Å². The Morgan fingerprint density at radius 3 is 3.12 bits per heavy atom. The smallest absolute Gasteiger partial charge is 0.105 e. The van der Waals surface area contributed by atoms with Crippen LogP contribution in [0.25, 0.3) is 0 Å². The van der Waals surface area contributed by atoms with E-state index < -0.39 is 0 Å². The molecule has 2 heterocycles. The van der Waals surface area contributed by atoms with Crippen LogP contribution in [-0.2, 0) is 6.42 Å². The number of furan rings is 1. The van der Waals surface area contributed by atoms with Crippen LogP contribution in [0.2, 0.25) is 0 Å². The summed E-state index contributed by atoms with van der Waals surface area (Å²) in [6.07, 6.45) is 3.98. The van der Waals surface area contributed by atoms with Crippen molar-refractivity contribution in [3.63, 3.8) is 0 Å². The molecule has 0 bridgehead atoms. The van der Waals surface area contributed by atoms with Gasteiger partial charge in [0.05, 0.1) is 6.26 Å². The third-order valence-electron chi connectivity index (χ3n) is 3.42. The molecule has 1 saturated heterocycles. The Labute approximate surface area is 97.6 Å². The van der Waals surface area contributed by atoms with Gasteiger partial charge in [-0.2, -0.15) is 0 Å². The van der Waals surface area contributed by atoms with Gasteiger partial charge in [0.25, 0.3) is 0 Å². The summed E-state index contributed by atoms with van der Waals surface area (Å²) in [4.78, 5) is 0. The van der Waals surface area contributed by atoms with Gasteiger partial charge in [-0.25, -0.2) is 0 Å². The summed E-state index contributed by atoms with van der Waals surface area (Å²) in [5.74, 6) is 1.06. The molecule has 2 unspecified atom stereocenters. The minimum absolute atomic E-state index is 0.428. The molecule has 0 amide bonds. The number of hydrogen-bond donors (Lipinski definition) is 2. The molecule has 1 aliphatic heterocycles. The SMILES string of the molecule is CC(Cc1ccco1)NCC1(C)CCNC1. The molecule has 1 aromatic rings. The Bertz CT molecular complexity index is 302. The van der Waals surface area contributed by atoms with Crippen LogP contribution in [0.5, 0.6) is 0 Å². The molecular weight excluding hydrogens is 200 g/mol. The molecule has 2 N–H and O–H groups in total. The third kappa shape index (κ3) is 3.09. The highest BCUT2D eigenvalue weighted by Crippen LogP contribution is 2.23. The summed E-state index contributed by atoms with van der Waals surface area (Å²) in [6.45, 7) is 7.94. The molecule has 3 heteroatoms. The number of hydrogen-bond acceptors (Lipinski definition) is 3. The highest BCUT2D eigenvalue weighted by molar-refractivity contribution is 5.00. The van der Waals surface area contributed by atoms with Gasteiger partial charge in [-0.1, -0.05) is 6.92 Å². The average Bonchev–Trinajstić information content (AvgIpc) is 2.88. The van der Waals surface area contributed by atoms with Gasteiger partial charge >= 0.3 is 0 Å². The molecular formula is C13H22N2O. The molecule has 1 aliphatic rings. The summed E-state index contributed by atoms with van der Waals surface area (Å²) in [7, 11) is 0. The lowest BCUT2D eigenvalue weighted by atomic mass is 9.89. The van der Waals surface area contributed by atoms with Crippen molar-refractivity contribution in [3.05, 3.63) is 24.2 Å². The highest BCUT2D eigenvalue weighted by Gasteiger charge is 2.28. The van der Waals surface area contributed by atoms with Crippen molar-refractivity contribution in [3.8, 4) is 0 Å². The average molecular weight is 222 g/mol. The van der Waals surface area contributed by atoms with E-state index in [1.807, 2.05) is 12.1 Å². The van der Waals surface area contributed by atoms with E-state index in [4.69, 9.17) is 4.42 Å². The van der Waals surface area contributed by atoms with Gasteiger partial charge in [-0.3, -0.25) is 0 Å². The quantitative estimate of drug-likeness (QED) is 0.797. The Balaban J connectivity index is 1.73. The molecule has 16 heavy (non-hydrogen) atoms. The van der Waals surface area contributed by atoms with Gasteiger partial charge in [0.2, 0.25) is 0 Å².